The molecule has 1 aromatic rings. The van der Waals surface area contributed by atoms with Crippen LogP contribution in [0.4, 0.5) is 5.95 Å². The van der Waals surface area contributed by atoms with Crippen LogP contribution >= 0.6 is 0 Å². The van der Waals surface area contributed by atoms with Gasteiger partial charge in [-0.15, -0.1) is 0 Å². The molecular weight excluding hydrogens is 240 g/mol. The predicted molar refractivity (Wildman–Crippen MR) is 73.9 cm³/mol. The standard InChI is InChI=1S/C13H20N6/c1-10-6-11(7-14)17-13(16-10)15-8-12-9-18(2)4-5-19(12)3/h6,12H,4-5,8-9H2,1-3H3,(H,15,16,17). The van der Waals surface area contributed by atoms with Gasteiger partial charge in [0.1, 0.15) is 11.8 Å². The van der Waals surface area contributed by atoms with Gasteiger partial charge in [0, 0.05) is 37.9 Å². The van der Waals surface area contributed by atoms with Crippen LogP contribution < -0.4 is 5.32 Å². The van der Waals surface area contributed by atoms with Crippen LogP contribution in [0, 0.1) is 18.3 Å². The van der Waals surface area contributed by atoms with E-state index in [9.17, 15) is 0 Å². The van der Waals surface area contributed by atoms with Gasteiger partial charge >= 0.3 is 0 Å². The molecule has 1 atom stereocenters. The van der Waals surface area contributed by atoms with Gasteiger partial charge in [0.05, 0.1) is 0 Å². The average molecular weight is 260 g/mol. The van der Waals surface area contributed by atoms with Gasteiger partial charge in [-0.1, -0.05) is 0 Å². The second-order valence-electron chi connectivity index (χ2n) is 5.11. The van der Waals surface area contributed by atoms with E-state index in [0.29, 0.717) is 17.7 Å². The predicted octanol–water partition coefficient (Wildman–Crippen LogP) is 0.314. The first kappa shape index (κ1) is 13.7. The maximum atomic E-state index is 8.90. The van der Waals surface area contributed by atoms with Gasteiger partial charge in [0.25, 0.3) is 0 Å². The fraction of sp³-hybridized carbons (Fsp3) is 0.615. The average Bonchev–Trinajstić information content (AvgIpc) is 2.39. The third-order valence-corrected chi connectivity index (χ3v) is 3.44. The molecule has 0 amide bonds. The molecule has 0 aromatic carbocycles. The van der Waals surface area contributed by atoms with Gasteiger partial charge in [0.15, 0.2) is 0 Å². The molecule has 2 rings (SSSR count). The first-order valence-electron chi connectivity index (χ1n) is 6.47. The van der Waals surface area contributed by atoms with Crippen LogP contribution in [-0.4, -0.2) is 66.1 Å². The van der Waals surface area contributed by atoms with E-state index in [2.05, 4.69) is 45.2 Å². The Morgan fingerprint density at radius 2 is 2.21 bits per heavy atom. The number of nitrogens with zero attached hydrogens (tertiary/aromatic N) is 5. The van der Waals surface area contributed by atoms with Gasteiger partial charge in [-0.3, -0.25) is 4.90 Å². The number of piperazine rings is 1. The van der Waals surface area contributed by atoms with Crippen molar-refractivity contribution in [1.82, 2.24) is 19.8 Å². The normalized spacial score (nSPS) is 21.1. The second kappa shape index (κ2) is 5.95. The lowest BCUT2D eigenvalue weighted by molar-refractivity contribution is 0.121. The van der Waals surface area contributed by atoms with Crippen molar-refractivity contribution in [3.8, 4) is 6.07 Å². The molecule has 1 saturated heterocycles. The largest absolute Gasteiger partial charge is 0.353 e. The Kier molecular flexibility index (Phi) is 4.30. The minimum atomic E-state index is 0.407. The summed E-state index contributed by atoms with van der Waals surface area (Å²) in [5.41, 5.74) is 1.22. The lowest BCUT2D eigenvalue weighted by Crippen LogP contribution is -2.52. The Hall–Kier alpha value is -1.71. The van der Waals surface area contributed by atoms with Crippen molar-refractivity contribution in [2.24, 2.45) is 0 Å². The summed E-state index contributed by atoms with van der Waals surface area (Å²) in [4.78, 5) is 13.1. The quantitative estimate of drug-likeness (QED) is 0.844. The third-order valence-electron chi connectivity index (χ3n) is 3.44. The maximum Gasteiger partial charge on any atom is 0.224 e. The molecule has 6 nitrogen and oxygen atoms in total. The van der Waals surface area contributed by atoms with E-state index in [1.54, 1.807) is 6.07 Å². The Labute approximate surface area is 114 Å². The van der Waals surface area contributed by atoms with Crippen molar-refractivity contribution in [2.45, 2.75) is 13.0 Å². The molecule has 102 valence electrons. The van der Waals surface area contributed by atoms with Crippen molar-refractivity contribution < 1.29 is 0 Å². The van der Waals surface area contributed by atoms with E-state index in [1.165, 1.54) is 0 Å². The second-order valence-corrected chi connectivity index (χ2v) is 5.11. The van der Waals surface area contributed by atoms with Crippen LogP contribution in [0.1, 0.15) is 11.4 Å². The fourth-order valence-electron chi connectivity index (χ4n) is 2.24. The van der Waals surface area contributed by atoms with Crippen LogP contribution in [-0.2, 0) is 0 Å². The summed E-state index contributed by atoms with van der Waals surface area (Å²) >= 11 is 0. The van der Waals surface area contributed by atoms with E-state index < -0.39 is 0 Å². The van der Waals surface area contributed by atoms with Gasteiger partial charge < -0.3 is 10.2 Å². The highest BCUT2D eigenvalue weighted by molar-refractivity contribution is 5.33. The zero-order valence-corrected chi connectivity index (χ0v) is 11.7. The van der Waals surface area contributed by atoms with Crippen molar-refractivity contribution in [3.63, 3.8) is 0 Å². The number of nitrogens with one attached hydrogen (secondary N) is 1. The van der Waals surface area contributed by atoms with Gasteiger partial charge in [-0.25, -0.2) is 9.97 Å². The molecule has 2 heterocycles. The molecular formula is C13H20N6. The summed E-state index contributed by atoms with van der Waals surface area (Å²) in [6.45, 7) is 5.86. The maximum absolute atomic E-state index is 8.90. The number of rotatable bonds is 3. The highest BCUT2D eigenvalue weighted by atomic mass is 15.3. The number of aryl methyl sites for hydroxylation is 1. The SMILES string of the molecule is Cc1cc(C#N)nc(NCC2CN(C)CCN2C)n1. The number of aromatic nitrogens is 2. The van der Waals surface area contributed by atoms with Gasteiger partial charge in [-0.2, -0.15) is 5.26 Å². The van der Waals surface area contributed by atoms with Crippen molar-refractivity contribution in [1.29, 1.82) is 5.26 Å². The molecule has 0 bridgehead atoms. The molecule has 1 aromatic heterocycles. The monoisotopic (exact) mass is 260 g/mol. The summed E-state index contributed by atoms with van der Waals surface area (Å²) in [6.07, 6.45) is 0. The van der Waals surface area contributed by atoms with E-state index >= 15 is 0 Å². The Bertz CT molecular complexity index is 481. The number of hydrogen-bond donors (Lipinski definition) is 1. The number of hydrogen-bond acceptors (Lipinski definition) is 6. The van der Waals surface area contributed by atoms with Crippen molar-refractivity contribution >= 4 is 5.95 Å². The number of nitriles is 1. The molecule has 1 aliphatic rings. The topological polar surface area (TPSA) is 68.1 Å². The van der Waals surface area contributed by atoms with Crippen LogP contribution in [0.15, 0.2) is 6.07 Å². The zero-order valence-electron chi connectivity index (χ0n) is 11.7. The van der Waals surface area contributed by atoms with E-state index in [4.69, 9.17) is 5.26 Å². The highest BCUT2D eigenvalue weighted by Gasteiger charge is 2.21. The van der Waals surface area contributed by atoms with Crippen LogP contribution in [0.25, 0.3) is 0 Å². The third kappa shape index (κ3) is 3.63. The lowest BCUT2D eigenvalue weighted by atomic mass is 10.2. The summed E-state index contributed by atoms with van der Waals surface area (Å²) < 4.78 is 0. The minimum absolute atomic E-state index is 0.407. The Morgan fingerprint density at radius 1 is 1.42 bits per heavy atom. The van der Waals surface area contributed by atoms with E-state index in [0.717, 1.165) is 31.9 Å². The zero-order chi connectivity index (χ0) is 13.8. The molecule has 1 unspecified atom stereocenters. The number of anilines is 1. The molecule has 1 fully saturated rings. The summed E-state index contributed by atoms with van der Waals surface area (Å²) in [7, 11) is 4.27. The van der Waals surface area contributed by atoms with Gasteiger partial charge in [0.2, 0.25) is 5.95 Å². The first-order chi connectivity index (χ1) is 9.08. The summed E-state index contributed by atoms with van der Waals surface area (Å²) in [5.74, 6) is 0.540. The Balaban J connectivity index is 1.98. The Morgan fingerprint density at radius 3 is 2.95 bits per heavy atom. The van der Waals surface area contributed by atoms with Crippen LogP contribution in [0.5, 0.6) is 0 Å². The summed E-state index contributed by atoms with van der Waals surface area (Å²) in [6, 6.07) is 4.18. The van der Waals surface area contributed by atoms with Crippen molar-refractivity contribution in [3.05, 3.63) is 17.5 Å². The molecule has 19 heavy (non-hydrogen) atoms. The highest BCUT2D eigenvalue weighted by Crippen LogP contribution is 2.08. The summed E-state index contributed by atoms with van der Waals surface area (Å²) in [5, 5.41) is 12.1. The molecule has 0 spiro atoms. The fourth-order valence-corrected chi connectivity index (χ4v) is 2.24. The van der Waals surface area contributed by atoms with E-state index in [-0.39, 0.29) is 0 Å². The first-order valence-corrected chi connectivity index (χ1v) is 6.47. The molecule has 1 N–H and O–H groups in total. The lowest BCUT2D eigenvalue weighted by Gasteiger charge is -2.37. The van der Waals surface area contributed by atoms with Crippen LogP contribution in [0.2, 0.25) is 0 Å². The van der Waals surface area contributed by atoms with E-state index in [1.807, 2.05) is 6.92 Å². The number of likely N-dealkylation sites (N-methyl/N-ethyl adjacent to an activating group) is 2. The minimum Gasteiger partial charge on any atom is -0.353 e. The molecule has 1 aliphatic heterocycles. The van der Waals surface area contributed by atoms with Crippen LogP contribution in [0.3, 0.4) is 0 Å². The molecule has 0 saturated carbocycles. The van der Waals surface area contributed by atoms with Crippen molar-refractivity contribution in [2.75, 3.05) is 45.6 Å². The smallest absolute Gasteiger partial charge is 0.224 e. The molecule has 6 heteroatoms. The van der Waals surface area contributed by atoms with Gasteiger partial charge in [-0.05, 0) is 27.1 Å². The molecule has 0 aliphatic carbocycles. The molecule has 0 radical (unpaired) electrons.